The Morgan fingerprint density at radius 1 is 1.05 bits per heavy atom. The first-order valence-corrected chi connectivity index (χ1v) is 7.71. The molecular formula is C19H22O2. The summed E-state index contributed by atoms with van der Waals surface area (Å²) in [7, 11) is 0. The van der Waals surface area contributed by atoms with Crippen LogP contribution in [0.2, 0.25) is 0 Å². The lowest BCUT2D eigenvalue weighted by molar-refractivity contribution is 0.167. The van der Waals surface area contributed by atoms with E-state index in [0.717, 1.165) is 24.2 Å². The molecule has 1 saturated carbocycles. The van der Waals surface area contributed by atoms with Crippen molar-refractivity contribution in [1.82, 2.24) is 0 Å². The van der Waals surface area contributed by atoms with Gasteiger partial charge in [-0.1, -0.05) is 42.0 Å². The first kappa shape index (κ1) is 14.2. The number of aliphatic hydroxyl groups excluding tert-OH is 1. The van der Waals surface area contributed by atoms with Gasteiger partial charge in [-0.3, -0.25) is 0 Å². The van der Waals surface area contributed by atoms with Crippen LogP contribution < -0.4 is 4.74 Å². The fourth-order valence-corrected chi connectivity index (χ4v) is 2.37. The highest BCUT2D eigenvalue weighted by atomic mass is 16.5. The molecular weight excluding hydrogens is 260 g/mol. The lowest BCUT2D eigenvalue weighted by atomic mass is 10.0. The third-order valence-electron chi connectivity index (χ3n) is 3.92. The van der Waals surface area contributed by atoms with E-state index in [1.165, 1.54) is 24.0 Å². The summed E-state index contributed by atoms with van der Waals surface area (Å²) in [5.41, 5.74) is 3.50. The molecule has 1 atom stereocenters. The van der Waals surface area contributed by atoms with Crippen LogP contribution in [0, 0.1) is 6.92 Å². The van der Waals surface area contributed by atoms with E-state index in [-0.39, 0.29) is 0 Å². The molecule has 0 heterocycles. The first-order chi connectivity index (χ1) is 10.2. The summed E-state index contributed by atoms with van der Waals surface area (Å²) in [5, 5.41) is 10.3. The molecule has 3 rings (SSSR count). The minimum absolute atomic E-state index is 0.415. The Hall–Kier alpha value is -1.80. The van der Waals surface area contributed by atoms with E-state index >= 15 is 0 Å². The molecule has 21 heavy (non-hydrogen) atoms. The van der Waals surface area contributed by atoms with Crippen LogP contribution in [0.1, 0.15) is 42.1 Å². The van der Waals surface area contributed by atoms with Crippen molar-refractivity contribution < 1.29 is 9.84 Å². The number of hydrogen-bond donors (Lipinski definition) is 1. The van der Waals surface area contributed by atoms with Crippen molar-refractivity contribution in [1.29, 1.82) is 0 Å². The van der Waals surface area contributed by atoms with Crippen LogP contribution in [-0.2, 0) is 6.42 Å². The average molecular weight is 282 g/mol. The molecule has 0 amide bonds. The highest BCUT2D eigenvalue weighted by Gasteiger charge is 2.23. The highest BCUT2D eigenvalue weighted by Crippen LogP contribution is 2.28. The second-order valence-electron chi connectivity index (χ2n) is 5.93. The van der Waals surface area contributed by atoms with Crippen molar-refractivity contribution in [2.75, 3.05) is 0 Å². The molecule has 1 N–H and O–H groups in total. The summed E-state index contributed by atoms with van der Waals surface area (Å²) in [5.74, 6) is 0.909. The molecule has 1 fully saturated rings. The van der Waals surface area contributed by atoms with Gasteiger partial charge in [0.25, 0.3) is 0 Å². The van der Waals surface area contributed by atoms with Gasteiger partial charge < -0.3 is 9.84 Å². The number of hydrogen-bond acceptors (Lipinski definition) is 2. The Bertz CT molecular complexity index is 568. The maximum Gasteiger partial charge on any atom is 0.119 e. The van der Waals surface area contributed by atoms with Crippen molar-refractivity contribution in [3.8, 4) is 5.75 Å². The lowest BCUT2D eigenvalue weighted by Gasteiger charge is -2.12. The summed E-state index contributed by atoms with van der Waals surface area (Å²) >= 11 is 0. The number of aryl methyl sites for hydroxylation is 2. The van der Waals surface area contributed by atoms with Crippen LogP contribution >= 0.6 is 0 Å². The van der Waals surface area contributed by atoms with E-state index in [1.807, 2.05) is 24.3 Å². The molecule has 1 aliphatic rings. The smallest absolute Gasteiger partial charge is 0.119 e. The van der Waals surface area contributed by atoms with Crippen LogP contribution in [0.25, 0.3) is 0 Å². The summed E-state index contributed by atoms with van der Waals surface area (Å²) in [6.45, 7) is 2.09. The van der Waals surface area contributed by atoms with Crippen LogP contribution in [-0.4, -0.2) is 11.2 Å². The Labute approximate surface area is 126 Å². The van der Waals surface area contributed by atoms with Gasteiger partial charge in [0.2, 0.25) is 0 Å². The monoisotopic (exact) mass is 282 g/mol. The summed E-state index contributed by atoms with van der Waals surface area (Å²) < 4.78 is 5.72. The first-order valence-electron chi connectivity index (χ1n) is 7.71. The fraction of sp³-hybridized carbons (Fsp3) is 0.368. The third-order valence-corrected chi connectivity index (χ3v) is 3.92. The zero-order chi connectivity index (χ0) is 14.7. The standard InChI is InChI=1S/C19H22O2/c1-14-2-4-15(5-3-14)6-13-19(20)16-7-9-17(10-8-16)21-18-11-12-18/h2-5,7-10,18-20H,6,11-13H2,1H3. The maximum absolute atomic E-state index is 10.3. The molecule has 0 radical (unpaired) electrons. The van der Waals surface area contributed by atoms with Gasteiger partial charge in [-0.25, -0.2) is 0 Å². The van der Waals surface area contributed by atoms with Gasteiger partial charge in [-0.05, 0) is 55.9 Å². The quantitative estimate of drug-likeness (QED) is 0.860. The zero-order valence-corrected chi connectivity index (χ0v) is 12.5. The predicted molar refractivity (Wildman–Crippen MR) is 84.6 cm³/mol. The summed E-state index contributed by atoms with van der Waals surface area (Å²) in [6, 6.07) is 16.4. The van der Waals surface area contributed by atoms with Gasteiger partial charge in [0.05, 0.1) is 12.2 Å². The average Bonchev–Trinajstić information content (AvgIpc) is 3.31. The SMILES string of the molecule is Cc1ccc(CCC(O)c2ccc(OC3CC3)cc2)cc1. The van der Waals surface area contributed by atoms with Crippen molar-refractivity contribution >= 4 is 0 Å². The van der Waals surface area contributed by atoms with E-state index in [2.05, 4.69) is 31.2 Å². The number of benzene rings is 2. The van der Waals surface area contributed by atoms with E-state index in [4.69, 9.17) is 4.74 Å². The Morgan fingerprint density at radius 2 is 1.71 bits per heavy atom. The number of rotatable bonds is 6. The molecule has 1 aliphatic carbocycles. The fourth-order valence-electron chi connectivity index (χ4n) is 2.37. The molecule has 2 aromatic carbocycles. The van der Waals surface area contributed by atoms with Crippen LogP contribution in [0.3, 0.4) is 0 Å². The van der Waals surface area contributed by atoms with E-state index < -0.39 is 6.10 Å². The molecule has 0 spiro atoms. The second kappa shape index (κ2) is 6.31. The molecule has 0 saturated heterocycles. The largest absolute Gasteiger partial charge is 0.490 e. The topological polar surface area (TPSA) is 29.5 Å². The van der Waals surface area contributed by atoms with Crippen molar-refractivity contribution in [2.24, 2.45) is 0 Å². The van der Waals surface area contributed by atoms with Gasteiger partial charge >= 0.3 is 0 Å². The van der Waals surface area contributed by atoms with Crippen molar-refractivity contribution in [2.45, 2.75) is 44.8 Å². The van der Waals surface area contributed by atoms with Gasteiger partial charge in [0, 0.05) is 0 Å². The molecule has 0 aliphatic heterocycles. The molecule has 0 aromatic heterocycles. The van der Waals surface area contributed by atoms with Gasteiger partial charge in [0.15, 0.2) is 0 Å². The normalized spacial score (nSPS) is 15.7. The number of aliphatic hydroxyl groups is 1. The summed E-state index contributed by atoms with van der Waals surface area (Å²) in [6.07, 6.45) is 3.97. The zero-order valence-electron chi connectivity index (χ0n) is 12.5. The van der Waals surface area contributed by atoms with Crippen molar-refractivity contribution in [3.05, 3.63) is 65.2 Å². The molecule has 110 valence electrons. The number of ether oxygens (including phenoxy) is 1. The molecule has 2 aromatic rings. The van der Waals surface area contributed by atoms with Crippen molar-refractivity contribution in [3.63, 3.8) is 0 Å². The van der Waals surface area contributed by atoms with E-state index in [9.17, 15) is 5.11 Å². The minimum Gasteiger partial charge on any atom is -0.490 e. The Kier molecular flexibility index (Phi) is 4.26. The Morgan fingerprint density at radius 3 is 2.33 bits per heavy atom. The van der Waals surface area contributed by atoms with Gasteiger partial charge in [-0.2, -0.15) is 0 Å². The second-order valence-corrected chi connectivity index (χ2v) is 5.93. The molecule has 2 heteroatoms. The Balaban J connectivity index is 1.54. The highest BCUT2D eigenvalue weighted by molar-refractivity contribution is 5.29. The van der Waals surface area contributed by atoms with Gasteiger partial charge in [-0.15, -0.1) is 0 Å². The maximum atomic E-state index is 10.3. The predicted octanol–water partition coefficient (Wildman–Crippen LogP) is 4.20. The van der Waals surface area contributed by atoms with Crippen LogP contribution in [0.5, 0.6) is 5.75 Å². The molecule has 2 nitrogen and oxygen atoms in total. The van der Waals surface area contributed by atoms with Crippen LogP contribution in [0.15, 0.2) is 48.5 Å². The van der Waals surface area contributed by atoms with E-state index in [0.29, 0.717) is 6.10 Å². The minimum atomic E-state index is -0.415. The third kappa shape index (κ3) is 4.08. The molecule has 0 bridgehead atoms. The van der Waals surface area contributed by atoms with Gasteiger partial charge in [0.1, 0.15) is 5.75 Å². The van der Waals surface area contributed by atoms with Crippen LogP contribution in [0.4, 0.5) is 0 Å². The van der Waals surface area contributed by atoms with E-state index in [1.54, 1.807) is 0 Å². The molecule has 1 unspecified atom stereocenters. The summed E-state index contributed by atoms with van der Waals surface area (Å²) in [4.78, 5) is 0. The lowest BCUT2D eigenvalue weighted by Crippen LogP contribution is -2.01.